The van der Waals surface area contributed by atoms with Gasteiger partial charge in [0.05, 0.1) is 43.1 Å². The monoisotopic (exact) mass is 673 g/mol. The lowest BCUT2D eigenvalue weighted by Crippen LogP contribution is -2.53. The van der Waals surface area contributed by atoms with Crippen molar-refractivity contribution < 1.29 is 42.9 Å². The van der Waals surface area contributed by atoms with Crippen LogP contribution < -0.4 is 10.2 Å². The largest absolute Gasteiger partial charge is 0.504 e. The van der Waals surface area contributed by atoms with Crippen LogP contribution in [0.15, 0.2) is 78.4 Å². The number of hydrogen-bond acceptors (Lipinski definition) is 9. The van der Waals surface area contributed by atoms with Gasteiger partial charge in [-0.05, 0) is 66.8 Å². The van der Waals surface area contributed by atoms with E-state index >= 15 is 4.79 Å². The van der Waals surface area contributed by atoms with Crippen LogP contribution in [0.5, 0.6) is 11.5 Å². The standard InChI is InChI=1S/C35H29ClFN3O8/c1-47-26-5-3-4-23(29(26)41)28-21-14-15-22-27(32(44)39(30(22)42)34(46)48-2)24(21)16-25-31(43)40(38-20-12-10-19(37)11-13-20)33(45)35(25,28)17-6-8-18(36)9-7-17/h3-14,22,24-25,27-28,38,41H,15-16H2,1-2H3/t22-,24+,25-,27-,28+,35+/m0/s1. The summed E-state index contributed by atoms with van der Waals surface area (Å²) in [4.78, 5) is 70.0. The topological polar surface area (TPSA) is 143 Å². The van der Waals surface area contributed by atoms with E-state index in [4.69, 9.17) is 21.1 Å². The third-order valence-corrected chi connectivity index (χ3v) is 10.4. The predicted octanol–water partition coefficient (Wildman–Crippen LogP) is 4.94. The zero-order valence-electron chi connectivity index (χ0n) is 25.7. The Kier molecular flexibility index (Phi) is 7.50. The molecule has 2 N–H and O–H groups in total. The molecule has 4 aliphatic rings. The zero-order chi connectivity index (χ0) is 34.1. The number of imide groups is 4. The van der Waals surface area contributed by atoms with Crippen LogP contribution in [0.1, 0.15) is 29.9 Å². The molecule has 3 aromatic rings. The summed E-state index contributed by atoms with van der Waals surface area (Å²) < 4.78 is 24.0. The molecule has 6 atom stereocenters. The molecule has 0 radical (unpaired) electrons. The summed E-state index contributed by atoms with van der Waals surface area (Å²) in [7, 11) is 2.45. The molecule has 3 aromatic carbocycles. The Labute approximate surface area is 278 Å². The van der Waals surface area contributed by atoms with Gasteiger partial charge in [0, 0.05) is 16.5 Å². The molecule has 48 heavy (non-hydrogen) atoms. The fourth-order valence-electron chi connectivity index (χ4n) is 8.21. The second kappa shape index (κ2) is 11.5. The van der Waals surface area contributed by atoms with Gasteiger partial charge in [-0.3, -0.25) is 24.6 Å². The molecular formula is C35H29ClFN3O8. The van der Waals surface area contributed by atoms with Gasteiger partial charge < -0.3 is 14.6 Å². The maximum atomic E-state index is 15.1. The van der Waals surface area contributed by atoms with Crippen LogP contribution in [-0.2, 0) is 29.3 Å². The number of phenolic OH excluding ortho intramolecular Hbond substituents is 1. The van der Waals surface area contributed by atoms with E-state index < -0.39 is 70.5 Å². The second-order valence-corrected chi connectivity index (χ2v) is 12.7. The number of ether oxygens (including phenoxy) is 2. The van der Waals surface area contributed by atoms with Crippen LogP contribution in [-0.4, -0.2) is 59.0 Å². The van der Waals surface area contributed by atoms with Gasteiger partial charge in [-0.15, -0.1) is 0 Å². The number of nitrogens with zero attached hydrogens (tertiary/aromatic N) is 2. The van der Waals surface area contributed by atoms with Gasteiger partial charge in [-0.25, -0.2) is 9.18 Å². The van der Waals surface area contributed by atoms with Crippen LogP contribution in [0.25, 0.3) is 0 Å². The van der Waals surface area contributed by atoms with Crippen molar-refractivity contribution in [1.82, 2.24) is 9.91 Å². The molecule has 0 spiro atoms. The molecule has 11 nitrogen and oxygen atoms in total. The van der Waals surface area contributed by atoms with Gasteiger partial charge >= 0.3 is 6.09 Å². The minimum absolute atomic E-state index is 0.0446. The Morgan fingerprint density at radius 1 is 0.958 bits per heavy atom. The minimum atomic E-state index is -1.69. The average molecular weight is 674 g/mol. The van der Waals surface area contributed by atoms with E-state index in [9.17, 15) is 28.7 Å². The first-order valence-electron chi connectivity index (χ1n) is 15.2. The smallest absolute Gasteiger partial charge is 0.423 e. The zero-order valence-corrected chi connectivity index (χ0v) is 26.4. The molecule has 0 bridgehead atoms. The number of hydrazine groups is 1. The summed E-state index contributed by atoms with van der Waals surface area (Å²) in [5.74, 6) is -8.28. The van der Waals surface area contributed by atoms with Crippen LogP contribution in [0, 0.1) is 29.5 Å². The molecule has 2 saturated heterocycles. The number of likely N-dealkylation sites (tertiary alicyclic amines) is 1. The number of aromatic hydroxyl groups is 1. The number of amides is 5. The number of para-hydroxylation sites is 1. The molecule has 13 heteroatoms. The molecule has 2 heterocycles. The summed E-state index contributed by atoms with van der Waals surface area (Å²) in [6, 6.07) is 16.5. The summed E-state index contributed by atoms with van der Waals surface area (Å²) in [5, 5.41) is 12.9. The highest BCUT2D eigenvalue weighted by Crippen LogP contribution is 2.65. The van der Waals surface area contributed by atoms with Crippen LogP contribution >= 0.6 is 11.6 Å². The number of benzene rings is 3. The van der Waals surface area contributed by atoms with Crippen molar-refractivity contribution in [2.45, 2.75) is 24.2 Å². The molecule has 1 saturated carbocycles. The number of rotatable bonds is 5. The Morgan fingerprint density at radius 2 is 1.67 bits per heavy atom. The fraction of sp³-hybridized carbons (Fsp3) is 0.286. The first kappa shape index (κ1) is 31.4. The van der Waals surface area contributed by atoms with Crippen molar-refractivity contribution in [1.29, 1.82) is 0 Å². The summed E-state index contributed by atoms with van der Waals surface area (Å²) >= 11 is 6.29. The quantitative estimate of drug-likeness (QED) is 0.284. The van der Waals surface area contributed by atoms with Gasteiger partial charge in [0.15, 0.2) is 11.5 Å². The van der Waals surface area contributed by atoms with Crippen molar-refractivity contribution in [3.05, 3.63) is 100 Å². The highest BCUT2D eigenvalue weighted by molar-refractivity contribution is 6.30. The van der Waals surface area contributed by atoms with Crippen LogP contribution in [0.3, 0.4) is 0 Å². The number of phenols is 1. The fourth-order valence-corrected chi connectivity index (χ4v) is 8.33. The van der Waals surface area contributed by atoms with Crippen molar-refractivity contribution in [3.63, 3.8) is 0 Å². The number of nitrogens with one attached hydrogen (secondary N) is 1. The lowest BCUT2D eigenvalue weighted by molar-refractivity contribution is -0.140. The Balaban J connectivity index is 1.48. The summed E-state index contributed by atoms with van der Waals surface area (Å²) in [6.45, 7) is 0. The molecule has 2 aliphatic heterocycles. The first-order chi connectivity index (χ1) is 23.0. The molecule has 246 valence electrons. The van der Waals surface area contributed by atoms with E-state index in [0.29, 0.717) is 21.1 Å². The predicted molar refractivity (Wildman–Crippen MR) is 168 cm³/mol. The molecule has 7 rings (SSSR count). The summed E-state index contributed by atoms with van der Waals surface area (Å²) in [5.41, 5.74) is 2.68. The van der Waals surface area contributed by atoms with Gasteiger partial charge in [0.1, 0.15) is 5.82 Å². The Morgan fingerprint density at radius 3 is 2.33 bits per heavy atom. The van der Waals surface area contributed by atoms with E-state index in [0.717, 1.165) is 12.1 Å². The molecule has 5 amide bonds. The van der Waals surface area contributed by atoms with E-state index in [1.807, 2.05) is 0 Å². The van der Waals surface area contributed by atoms with Crippen molar-refractivity contribution >= 4 is 47.0 Å². The van der Waals surface area contributed by atoms with Crippen molar-refractivity contribution in [3.8, 4) is 11.5 Å². The van der Waals surface area contributed by atoms with Crippen LogP contribution in [0.2, 0.25) is 5.02 Å². The Bertz CT molecular complexity index is 1920. The van der Waals surface area contributed by atoms with Gasteiger partial charge in [0.25, 0.3) is 11.8 Å². The number of hydrogen-bond donors (Lipinski definition) is 2. The van der Waals surface area contributed by atoms with Gasteiger partial charge in [0.2, 0.25) is 11.8 Å². The third-order valence-electron chi connectivity index (χ3n) is 10.2. The molecule has 0 aromatic heterocycles. The SMILES string of the molecule is COC(=O)N1C(=O)[C@H]2[C@H](CC=C3[C@H]2C[C@H]2C(=O)N(Nc4ccc(F)cc4)C(=O)[C@@]2(c2ccc(Cl)cc2)[C@H]3c2cccc(OC)c2O)C1=O. The number of carbonyl (C=O) groups is 5. The van der Waals surface area contributed by atoms with E-state index in [-0.39, 0.29) is 35.6 Å². The molecule has 2 aliphatic carbocycles. The highest BCUT2D eigenvalue weighted by atomic mass is 35.5. The normalized spacial score (nSPS) is 27.7. The number of fused-ring (bicyclic) bond motifs is 4. The number of carbonyl (C=O) groups excluding carboxylic acids is 5. The van der Waals surface area contributed by atoms with Crippen molar-refractivity contribution in [2.24, 2.45) is 23.7 Å². The lowest BCUT2D eigenvalue weighted by atomic mass is 9.49. The maximum Gasteiger partial charge on any atom is 0.423 e. The average Bonchev–Trinajstić information content (AvgIpc) is 3.47. The number of halogens is 2. The van der Waals surface area contributed by atoms with Gasteiger partial charge in [-0.1, -0.05) is 47.5 Å². The Hall–Kier alpha value is -5.23. The van der Waals surface area contributed by atoms with E-state index in [2.05, 4.69) is 5.43 Å². The minimum Gasteiger partial charge on any atom is -0.504 e. The number of anilines is 1. The second-order valence-electron chi connectivity index (χ2n) is 12.3. The number of methoxy groups -OCH3 is 2. The van der Waals surface area contributed by atoms with E-state index in [1.54, 1.807) is 48.5 Å². The van der Waals surface area contributed by atoms with Crippen molar-refractivity contribution in [2.75, 3.05) is 19.6 Å². The van der Waals surface area contributed by atoms with E-state index in [1.165, 1.54) is 31.4 Å². The molecule has 0 unspecified atom stereocenters. The lowest BCUT2D eigenvalue weighted by Gasteiger charge is -2.50. The highest BCUT2D eigenvalue weighted by Gasteiger charge is 2.71. The molecule has 3 fully saturated rings. The van der Waals surface area contributed by atoms with Gasteiger partial charge in [-0.2, -0.15) is 9.91 Å². The molecular weight excluding hydrogens is 645 g/mol. The maximum absolute atomic E-state index is 15.1. The summed E-state index contributed by atoms with van der Waals surface area (Å²) in [6.07, 6.45) is 0.702. The van der Waals surface area contributed by atoms with Crippen LogP contribution in [0.4, 0.5) is 14.9 Å². The third kappa shape index (κ3) is 4.35. The number of allylic oxidation sites excluding steroid dienone is 2. The first-order valence-corrected chi connectivity index (χ1v) is 15.6.